The first-order chi connectivity index (χ1) is 6.94. The zero-order chi connectivity index (χ0) is 11.6. The van der Waals surface area contributed by atoms with Crippen molar-refractivity contribution in [1.82, 2.24) is 4.89 Å². The summed E-state index contributed by atoms with van der Waals surface area (Å²) in [7, 11) is -2.31. The quantitative estimate of drug-likeness (QED) is 0.760. The number of sulfonamides is 1. The van der Waals surface area contributed by atoms with Gasteiger partial charge in [-0.2, -0.15) is 0 Å². The average Bonchev–Trinajstić information content (AvgIpc) is 2.21. The molecule has 0 aliphatic carbocycles. The second-order valence-corrected chi connectivity index (χ2v) is 4.74. The third-order valence-electron chi connectivity index (χ3n) is 2.32. The van der Waals surface area contributed by atoms with Gasteiger partial charge in [-0.3, -0.25) is 0 Å². The van der Waals surface area contributed by atoms with Gasteiger partial charge in [0, 0.05) is 0 Å². The van der Waals surface area contributed by atoms with E-state index in [-0.39, 0.29) is 4.90 Å². The van der Waals surface area contributed by atoms with Gasteiger partial charge in [0.1, 0.15) is 5.75 Å². The first kappa shape index (κ1) is 12.0. The Balaban J connectivity index is 3.43. The molecule has 0 atom stereocenters. The van der Waals surface area contributed by atoms with Crippen LogP contribution in [0.25, 0.3) is 0 Å². The number of benzene rings is 1. The molecule has 15 heavy (non-hydrogen) atoms. The largest absolute Gasteiger partial charge is 0.496 e. The molecule has 1 aromatic carbocycles. The summed E-state index contributed by atoms with van der Waals surface area (Å²) in [5, 5.41) is 8.52. The Hall–Kier alpha value is -1.11. The second-order valence-electron chi connectivity index (χ2n) is 3.11. The molecule has 0 unspecified atom stereocenters. The number of hydrogen-bond acceptors (Lipinski definition) is 4. The summed E-state index contributed by atoms with van der Waals surface area (Å²) in [6, 6.07) is 2.94. The van der Waals surface area contributed by atoms with Crippen LogP contribution in [-0.4, -0.2) is 20.7 Å². The molecule has 0 amide bonds. The Kier molecular flexibility index (Phi) is 3.33. The van der Waals surface area contributed by atoms with Crippen LogP contribution in [0.5, 0.6) is 5.75 Å². The molecular formula is C9H13NO4S. The minimum absolute atomic E-state index is 0.0447. The van der Waals surface area contributed by atoms with Crippen molar-refractivity contribution in [2.45, 2.75) is 18.7 Å². The van der Waals surface area contributed by atoms with Gasteiger partial charge in [-0.15, -0.1) is 0 Å². The van der Waals surface area contributed by atoms with Crippen LogP contribution in [0.15, 0.2) is 17.0 Å². The molecule has 0 spiro atoms. The molecule has 0 radical (unpaired) electrons. The molecule has 0 saturated carbocycles. The number of hydrogen-bond donors (Lipinski definition) is 2. The van der Waals surface area contributed by atoms with Gasteiger partial charge in [-0.25, -0.2) is 8.42 Å². The van der Waals surface area contributed by atoms with E-state index in [4.69, 9.17) is 9.94 Å². The zero-order valence-electron chi connectivity index (χ0n) is 8.73. The highest BCUT2D eigenvalue weighted by atomic mass is 32.2. The average molecular weight is 231 g/mol. The lowest BCUT2D eigenvalue weighted by atomic mass is 10.1. The first-order valence-corrected chi connectivity index (χ1v) is 5.72. The highest BCUT2D eigenvalue weighted by molar-refractivity contribution is 7.89. The SMILES string of the molecule is COc1ccc(S(=O)(=O)NO)c(C)c1C. The smallest absolute Gasteiger partial charge is 0.262 e. The molecular weight excluding hydrogens is 218 g/mol. The Morgan fingerprint density at radius 1 is 1.27 bits per heavy atom. The highest BCUT2D eigenvalue weighted by Crippen LogP contribution is 2.26. The van der Waals surface area contributed by atoms with Crippen LogP contribution in [0, 0.1) is 13.8 Å². The molecule has 0 aromatic heterocycles. The number of rotatable bonds is 3. The minimum Gasteiger partial charge on any atom is -0.496 e. The molecule has 0 heterocycles. The van der Waals surface area contributed by atoms with E-state index in [1.54, 1.807) is 19.9 Å². The van der Waals surface area contributed by atoms with Crippen molar-refractivity contribution in [3.8, 4) is 5.75 Å². The summed E-state index contributed by atoms with van der Waals surface area (Å²) in [4.78, 5) is 1.34. The lowest BCUT2D eigenvalue weighted by Crippen LogP contribution is -2.20. The molecule has 84 valence electrons. The number of ether oxygens (including phenoxy) is 1. The maximum Gasteiger partial charge on any atom is 0.262 e. The Bertz CT molecular complexity index is 467. The molecule has 0 bridgehead atoms. The van der Waals surface area contributed by atoms with Crippen molar-refractivity contribution in [3.05, 3.63) is 23.3 Å². The fourth-order valence-electron chi connectivity index (χ4n) is 1.33. The van der Waals surface area contributed by atoms with Gasteiger partial charge in [-0.1, -0.05) is 4.89 Å². The molecule has 1 rings (SSSR count). The normalized spacial score (nSPS) is 11.5. The molecule has 6 heteroatoms. The van der Waals surface area contributed by atoms with Gasteiger partial charge < -0.3 is 9.94 Å². The Labute approximate surface area is 88.7 Å². The molecule has 0 fully saturated rings. The van der Waals surface area contributed by atoms with Crippen molar-refractivity contribution >= 4 is 10.0 Å². The molecule has 0 aliphatic heterocycles. The molecule has 0 saturated heterocycles. The van der Waals surface area contributed by atoms with E-state index in [1.165, 1.54) is 18.1 Å². The summed E-state index contributed by atoms with van der Waals surface area (Å²) in [5.41, 5.74) is 1.28. The van der Waals surface area contributed by atoms with Crippen LogP contribution in [0.4, 0.5) is 0 Å². The number of methoxy groups -OCH3 is 1. The third kappa shape index (κ3) is 2.11. The van der Waals surface area contributed by atoms with Gasteiger partial charge in [-0.05, 0) is 37.1 Å². The summed E-state index contributed by atoms with van der Waals surface area (Å²) in [6.07, 6.45) is 0. The van der Waals surface area contributed by atoms with Crippen LogP contribution < -0.4 is 9.62 Å². The van der Waals surface area contributed by atoms with Crippen LogP contribution >= 0.6 is 0 Å². The van der Waals surface area contributed by atoms with E-state index in [0.29, 0.717) is 11.3 Å². The van der Waals surface area contributed by atoms with Crippen molar-refractivity contribution in [1.29, 1.82) is 0 Å². The van der Waals surface area contributed by atoms with Crippen molar-refractivity contribution in [3.63, 3.8) is 0 Å². The minimum atomic E-state index is -3.83. The van der Waals surface area contributed by atoms with Crippen LogP contribution in [0.1, 0.15) is 11.1 Å². The van der Waals surface area contributed by atoms with Gasteiger partial charge in [0.15, 0.2) is 0 Å². The summed E-state index contributed by atoms with van der Waals surface area (Å²) >= 11 is 0. The van der Waals surface area contributed by atoms with Crippen molar-refractivity contribution < 1.29 is 18.4 Å². The van der Waals surface area contributed by atoms with Crippen LogP contribution in [0.2, 0.25) is 0 Å². The van der Waals surface area contributed by atoms with E-state index in [1.807, 2.05) is 0 Å². The summed E-state index contributed by atoms with van der Waals surface area (Å²) < 4.78 is 27.8. The lowest BCUT2D eigenvalue weighted by Gasteiger charge is -2.11. The molecule has 1 aromatic rings. The molecule has 0 aliphatic rings. The fourth-order valence-corrected chi connectivity index (χ4v) is 2.23. The molecule has 5 nitrogen and oxygen atoms in total. The monoisotopic (exact) mass is 231 g/mol. The first-order valence-electron chi connectivity index (χ1n) is 4.24. The third-order valence-corrected chi connectivity index (χ3v) is 3.58. The zero-order valence-corrected chi connectivity index (χ0v) is 9.55. The predicted octanol–water partition coefficient (Wildman–Crippen LogP) is 0.980. The van der Waals surface area contributed by atoms with E-state index in [0.717, 1.165) is 5.56 Å². The predicted molar refractivity (Wildman–Crippen MR) is 54.6 cm³/mol. The van der Waals surface area contributed by atoms with Crippen LogP contribution in [0.3, 0.4) is 0 Å². The van der Waals surface area contributed by atoms with Gasteiger partial charge in [0.25, 0.3) is 10.0 Å². The summed E-state index contributed by atoms with van der Waals surface area (Å²) in [6.45, 7) is 3.41. The molecule has 2 N–H and O–H groups in total. The van der Waals surface area contributed by atoms with Gasteiger partial charge in [0.05, 0.1) is 12.0 Å². The van der Waals surface area contributed by atoms with Crippen molar-refractivity contribution in [2.75, 3.05) is 7.11 Å². The Morgan fingerprint density at radius 2 is 1.87 bits per heavy atom. The second kappa shape index (κ2) is 4.18. The van der Waals surface area contributed by atoms with E-state index in [2.05, 4.69) is 0 Å². The Morgan fingerprint density at radius 3 is 2.33 bits per heavy atom. The van der Waals surface area contributed by atoms with Crippen molar-refractivity contribution in [2.24, 2.45) is 0 Å². The summed E-state index contributed by atoms with van der Waals surface area (Å²) in [5.74, 6) is 0.615. The van der Waals surface area contributed by atoms with Crippen LogP contribution in [-0.2, 0) is 10.0 Å². The topological polar surface area (TPSA) is 75.6 Å². The highest BCUT2D eigenvalue weighted by Gasteiger charge is 2.18. The van der Waals surface area contributed by atoms with E-state index < -0.39 is 10.0 Å². The lowest BCUT2D eigenvalue weighted by molar-refractivity contribution is 0.242. The van der Waals surface area contributed by atoms with Gasteiger partial charge in [0.2, 0.25) is 0 Å². The standard InChI is InChI=1S/C9H13NO4S/c1-6-7(2)9(15(12,13)10-11)5-4-8(6)14-3/h4-5,10-11H,1-3H3. The van der Waals surface area contributed by atoms with Gasteiger partial charge >= 0.3 is 0 Å². The fraction of sp³-hybridized carbons (Fsp3) is 0.333. The maximum absolute atomic E-state index is 11.4. The number of nitrogens with one attached hydrogen (secondary N) is 1. The van der Waals surface area contributed by atoms with E-state index >= 15 is 0 Å². The maximum atomic E-state index is 11.4. The van der Waals surface area contributed by atoms with E-state index in [9.17, 15) is 8.42 Å².